The van der Waals surface area contributed by atoms with Gasteiger partial charge in [-0.05, 0) is 54.8 Å². The molecule has 2 aromatic rings. The fourth-order valence-electron chi connectivity index (χ4n) is 1.89. The highest BCUT2D eigenvalue weighted by molar-refractivity contribution is 6.32. The minimum absolute atomic E-state index is 0.438. The van der Waals surface area contributed by atoms with Crippen molar-refractivity contribution in [2.24, 2.45) is 5.73 Å². The standard InChI is InChI=1S/C15H17ClN2O/c1-10-5-14(6-11(2)15(10)16)19-9-12-3-4-18-13(7-12)8-17/h3-7H,8-9,17H2,1-2H3. The van der Waals surface area contributed by atoms with E-state index in [0.717, 1.165) is 33.2 Å². The lowest BCUT2D eigenvalue weighted by molar-refractivity contribution is 0.305. The molecule has 2 N–H and O–H groups in total. The van der Waals surface area contributed by atoms with Gasteiger partial charge < -0.3 is 10.5 Å². The minimum atomic E-state index is 0.438. The van der Waals surface area contributed by atoms with Gasteiger partial charge in [0.25, 0.3) is 0 Å². The van der Waals surface area contributed by atoms with E-state index in [0.29, 0.717) is 13.2 Å². The van der Waals surface area contributed by atoms with E-state index in [1.54, 1.807) is 6.20 Å². The molecule has 2 rings (SSSR count). The number of hydrogen-bond acceptors (Lipinski definition) is 3. The van der Waals surface area contributed by atoms with Crippen molar-refractivity contribution in [3.63, 3.8) is 0 Å². The smallest absolute Gasteiger partial charge is 0.120 e. The van der Waals surface area contributed by atoms with Crippen molar-refractivity contribution in [2.45, 2.75) is 27.0 Å². The molecule has 100 valence electrons. The van der Waals surface area contributed by atoms with E-state index in [9.17, 15) is 0 Å². The van der Waals surface area contributed by atoms with Crippen LogP contribution in [-0.2, 0) is 13.2 Å². The number of nitrogens with two attached hydrogens (primary N) is 1. The predicted octanol–water partition coefficient (Wildman–Crippen LogP) is 3.39. The lowest BCUT2D eigenvalue weighted by Gasteiger charge is -2.10. The van der Waals surface area contributed by atoms with E-state index >= 15 is 0 Å². The van der Waals surface area contributed by atoms with Gasteiger partial charge in [-0.2, -0.15) is 0 Å². The van der Waals surface area contributed by atoms with E-state index in [2.05, 4.69) is 4.98 Å². The van der Waals surface area contributed by atoms with E-state index in [1.165, 1.54) is 0 Å². The van der Waals surface area contributed by atoms with Gasteiger partial charge in [-0.1, -0.05) is 11.6 Å². The number of aryl methyl sites for hydroxylation is 2. The molecule has 1 aromatic heterocycles. The summed E-state index contributed by atoms with van der Waals surface area (Å²) in [6, 6.07) is 7.77. The van der Waals surface area contributed by atoms with Crippen LogP contribution < -0.4 is 10.5 Å². The lowest BCUT2D eigenvalue weighted by Crippen LogP contribution is -2.02. The minimum Gasteiger partial charge on any atom is -0.489 e. The van der Waals surface area contributed by atoms with Crippen molar-refractivity contribution < 1.29 is 4.74 Å². The van der Waals surface area contributed by atoms with Gasteiger partial charge in [-0.25, -0.2) is 0 Å². The molecule has 0 unspecified atom stereocenters. The molecule has 0 saturated heterocycles. The molecule has 1 aromatic carbocycles. The zero-order valence-electron chi connectivity index (χ0n) is 11.1. The van der Waals surface area contributed by atoms with Crippen LogP contribution in [0.2, 0.25) is 5.02 Å². The molecule has 0 spiro atoms. The molecule has 0 aliphatic rings. The van der Waals surface area contributed by atoms with Gasteiger partial charge in [0, 0.05) is 17.8 Å². The van der Waals surface area contributed by atoms with Crippen LogP contribution in [0.5, 0.6) is 5.75 Å². The highest BCUT2D eigenvalue weighted by atomic mass is 35.5. The Hall–Kier alpha value is -1.58. The second-order valence-electron chi connectivity index (χ2n) is 4.52. The Labute approximate surface area is 118 Å². The monoisotopic (exact) mass is 276 g/mol. The summed E-state index contributed by atoms with van der Waals surface area (Å²) in [5, 5.41) is 0.793. The van der Waals surface area contributed by atoms with Crippen LogP contribution in [0.1, 0.15) is 22.4 Å². The Balaban J connectivity index is 2.10. The first-order chi connectivity index (χ1) is 9.10. The molecule has 0 aliphatic heterocycles. The van der Waals surface area contributed by atoms with Crippen LogP contribution in [0, 0.1) is 13.8 Å². The summed E-state index contributed by atoms with van der Waals surface area (Å²) in [6.07, 6.45) is 1.75. The first-order valence-corrected chi connectivity index (χ1v) is 6.51. The molecule has 0 bridgehead atoms. The van der Waals surface area contributed by atoms with Crippen molar-refractivity contribution in [1.82, 2.24) is 4.98 Å². The second-order valence-corrected chi connectivity index (χ2v) is 4.90. The molecule has 4 heteroatoms. The van der Waals surface area contributed by atoms with Gasteiger partial charge in [0.05, 0.1) is 5.69 Å². The van der Waals surface area contributed by atoms with Crippen molar-refractivity contribution in [3.05, 3.63) is 57.9 Å². The summed E-state index contributed by atoms with van der Waals surface area (Å²) < 4.78 is 5.78. The number of pyridine rings is 1. The molecule has 0 amide bonds. The Morgan fingerprint density at radius 2 is 1.89 bits per heavy atom. The van der Waals surface area contributed by atoms with Crippen molar-refractivity contribution >= 4 is 11.6 Å². The summed E-state index contributed by atoms with van der Waals surface area (Å²) in [7, 11) is 0. The Morgan fingerprint density at radius 3 is 2.53 bits per heavy atom. The molecule has 0 radical (unpaired) electrons. The summed E-state index contributed by atoms with van der Waals surface area (Å²) >= 11 is 6.13. The summed E-state index contributed by atoms with van der Waals surface area (Å²) in [6.45, 7) is 4.88. The Morgan fingerprint density at radius 1 is 1.21 bits per heavy atom. The molecule has 0 aliphatic carbocycles. The topological polar surface area (TPSA) is 48.1 Å². The largest absolute Gasteiger partial charge is 0.489 e. The molecule has 3 nitrogen and oxygen atoms in total. The summed E-state index contributed by atoms with van der Waals surface area (Å²) in [5.41, 5.74) is 9.53. The SMILES string of the molecule is Cc1cc(OCc2ccnc(CN)c2)cc(C)c1Cl. The maximum atomic E-state index is 6.13. The van der Waals surface area contributed by atoms with Crippen LogP contribution in [0.3, 0.4) is 0 Å². The van der Waals surface area contributed by atoms with E-state index in [4.69, 9.17) is 22.1 Å². The average Bonchev–Trinajstić information content (AvgIpc) is 2.42. The second kappa shape index (κ2) is 6.04. The average molecular weight is 277 g/mol. The fraction of sp³-hybridized carbons (Fsp3) is 0.267. The Bertz CT molecular complexity index is 561. The van der Waals surface area contributed by atoms with Gasteiger partial charge in [0.1, 0.15) is 12.4 Å². The third-order valence-electron chi connectivity index (χ3n) is 2.91. The molecule has 19 heavy (non-hydrogen) atoms. The van der Waals surface area contributed by atoms with Crippen molar-refractivity contribution in [2.75, 3.05) is 0 Å². The maximum Gasteiger partial charge on any atom is 0.120 e. The van der Waals surface area contributed by atoms with Crippen LogP contribution in [-0.4, -0.2) is 4.98 Å². The third kappa shape index (κ3) is 3.46. The first-order valence-electron chi connectivity index (χ1n) is 6.13. The van der Waals surface area contributed by atoms with Crippen LogP contribution >= 0.6 is 11.6 Å². The van der Waals surface area contributed by atoms with Crippen molar-refractivity contribution in [1.29, 1.82) is 0 Å². The molecule has 0 atom stereocenters. The number of aromatic nitrogens is 1. The number of rotatable bonds is 4. The van der Waals surface area contributed by atoms with Gasteiger partial charge in [0.15, 0.2) is 0 Å². The summed E-state index contributed by atoms with van der Waals surface area (Å²) in [5.74, 6) is 0.825. The van der Waals surface area contributed by atoms with Crippen LogP contribution in [0.4, 0.5) is 0 Å². The fourth-order valence-corrected chi connectivity index (χ4v) is 1.99. The van der Waals surface area contributed by atoms with Gasteiger partial charge >= 0.3 is 0 Å². The molecular weight excluding hydrogens is 260 g/mol. The summed E-state index contributed by atoms with van der Waals surface area (Å²) in [4.78, 5) is 4.15. The number of benzene rings is 1. The third-order valence-corrected chi connectivity index (χ3v) is 3.50. The van der Waals surface area contributed by atoms with Crippen LogP contribution in [0.25, 0.3) is 0 Å². The number of hydrogen-bond donors (Lipinski definition) is 1. The first kappa shape index (κ1) is 13.8. The Kier molecular flexibility index (Phi) is 4.40. The zero-order valence-corrected chi connectivity index (χ0v) is 11.9. The van der Waals surface area contributed by atoms with Crippen LogP contribution in [0.15, 0.2) is 30.5 Å². The van der Waals surface area contributed by atoms with Crippen molar-refractivity contribution in [3.8, 4) is 5.75 Å². The van der Waals surface area contributed by atoms with Gasteiger partial charge in [0.2, 0.25) is 0 Å². The normalized spacial score (nSPS) is 10.5. The number of ether oxygens (including phenoxy) is 1. The van der Waals surface area contributed by atoms with E-state index in [-0.39, 0.29) is 0 Å². The number of nitrogens with zero attached hydrogens (tertiary/aromatic N) is 1. The predicted molar refractivity (Wildman–Crippen MR) is 77.4 cm³/mol. The highest BCUT2D eigenvalue weighted by Gasteiger charge is 2.04. The zero-order chi connectivity index (χ0) is 13.8. The molecule has 0 saturated carbocycles. The van der Waals surface area contributed by atoms with Gasteiger partial charge in [-0.3, -0.25) is 4.98 Å². The maximum absolute atomic E-state index is 6.13. The quantitative estimate of drug-likeness (QED) is 0.931. The number of halogens is 1. The lowest BCUT2D eigenvalue weighted by atomic mass is 10.1. The van der Waals surface area contributed by atoms with E-state index in [1.807, 2.05) is 38.1 Å². The van der Waals surface area contributed by atoms with E-state index < -0.39 is 0 Å². The molecule has 0 fully saturated rings. The van der Waals surface area contributed by atoms with Gasteiger partial charge in [-0.15, -0.1) is 0 Å². The highest BCUT2D eigenvalue weighted by Crippen LogP contribution is 2.26. The molecule has 1 heterocycles. The molecular formula is C15H17ClN2O.